The van der Waals surface area contributed by atoms with Crippen molar-refractivity contribution in [2.45, 2.75) is 74.0 Å². The van der Waals surface area contributed by atoms with Crippen LogP contribution in [0.3, 0.4) is 0 Å². The van der Waals surface area contributed by atoms with Gasteiger partial charge in [0.15, 0.2) is 11.6 Å². The molecule has 5 rings (SSSR count). The standard InChI is InChI=1S/C18H17BrO3.C16H15BrO2.C4H8O2.C4H8O/c1-12-3-6-16(7-4-12)22-11-14-10-15(19)5-8-17(14)18(21)9-13(2)20;1-11-3-6-15(7-4-11)19-10-13-9-14(17)5-8-16(13)12(2)18;1-3-6-4(2)5;1-2-4-5-3-1/h3-8,10H,9,11H2,1-2H3;3-9H,10H2,1-2H3;3H2,1-2H3;1-4H2. The van der Waals surface area contributed by atoms with Gasteiger partial charge in [-0.3, -0.25) is 19.2 Å². The molecule has 278 valence electrons. The lowest BCUT2D eigenvalue weighted by molar-refractivity contribution is -0.140. The normalized spacial score (nSPS) is 11.3. The summed E-state index contributed by atoms with van der Waals surface area (Å²) in [5.41, 5.74) is 5.25. The molecule has 0 aromatic heterocycles. The molecule has 0 unspecified atom stereocenters. The first kappa shape index (κ1) is 44.0. The smallest absolute Gasteiger partial charge is 0.302 e. The third-order valence-electron chi connectivity index (χ3n) is 7.23. The number of halogens is 2. The fourth-order valence-corrected chi connectivity index (χ4v) is 5.42. The van der Waals surface area contributed by atoms with E-state index in [-0.39, 0.29) is 36.3 Å². The summed E-state index contributed by atoms with van der Waals surface area (Å²) < 4.78 is 22.6. The summed E-state index contributed by atoms with van der Waals surface area (Å²) in [5.74, 6) is 1.07. The van der Waals surface area contributed by atoms with Gasteiger partial charge < -0.3 is 18.9 Å². The maximum absolute atomic E-state index is 12.2. The molecule has 10 heteroatoms. The second kappa shape index (κ2) is 24.2. The van der Waals surface area contributed by atoms with Gasteiger partial charge in [0.1, 0.15) is 30.5 Å². The molecule has 0 N–H and O–H groups in total. The number of hydrogen-bond donors (Lipinski definition) is 0. The first-order chi connectivity index (χ1) is 24.8. The zero-order valence-electron chi connectivity index (χ0n) is 30.8. The number of carbonyl (C=O) groups is 4. The summed E-state index contributed by atoms with van der Waals surface area (Å²) in [6.45, 7) is 13.3. The van der Waals surface area contributed by atoms with E-state index >= 15 is 0 Å². The number of carbonyl (C=O) groups excluding carboxylic acids is 4. The van der Waals surface area contributed by atoms with Crippen LogP contribution in [0, 0.1) is 13.8 Å². The summed E-state index contributed by atoms with van der Waals surface area (Å²) in [7, 11) is 0. The van der Waals surface area contributed by atoms with Gasteiger partial charge in [-0.2, -0.15) is 0 Å². The van der Waals surface area contributed by atoms with Crippen molar-refractivity contribution in [2.75, 3.05) is 19.8 Å². The van der Waals surface area contributed by atoms with E-state index < -0.39 is 0 Å². The van der Waals surface area contributed by atoms with Gasteiger partial charge in [-0.15, -0.1) is 0 Å². The topological polar surface area (TPSA) is 105 Å². The van der Waals surface area contributed by atoms with E-state index in [1.54, 1.807) is 26.0 Å². The van der Waals surface area contributed by atoms with Crippen molar-refractivity contribution in [2.24, 2.45) is 0 Å². The third kappa shape index (κ3) is 17.9. The minimum Gasteiger partial charge on any atom is -0.489 e. The molecule has 0 spiro atoms. The molecule has 8 nitrogen and oxygen atoms in total. The highest BCUT2D eigenvalue weighted by molar-refractivity contribution is 9.10. The average molecular weight is 841 g/mol. The van der Waals surface area contributed by atoms with Crippen molar-refractivity contribution in [1.82, 2.24) is 0 Å². The lowest BCUT2D eigenvalue weighted by atomic mass is 10.0. The number of esters is 1. The van der Waals surface area contributed by atoms with Gasteiger partial charge in [-0.25, -0.2) is 0 Å². The molecular formula is C42H48Br2O8. The highest BCUT2D eigenvalue weighted by Gasteiger charge is 2.14. The Labute approximate surface area is 324 Å². The summed E-state index contributed by atoms with van der Waals surface area (Å²) in [5, 5.41) is 0. The quantitative estimate of drug-likeness (QED) is 0.0835. The number of aryl methyl sites for hydroxylation is 2. The monoisotopic (exact) mass is 838 g/mol. The first-order valence-electron chi connectivity index (χ1n) is 17.0. The Kier molecular flexibility index (Phi) is 20.5. The fourth-order valence-electron chi connectivity index (χ4n) is 4.60. The van der Waals surface area contributed by atoms with Gasteiger partial charge in [-0.1, -0.05) is 67.3 Å². The highest BCUT2D eigenvalue weighted by Crippen LogP contribution is 2.22. The molecule has 52 heavy (non-hydrogen) atoms. The number of benzene rings is 4. The van der Waals surface area contributed by atoms with Crippen LogP contribution in [0.1, 0.15) is 89.9 Å². The van der Waals surface area contributed by atoms with E-state index in [1.165, 1.54) is 32.3 Å². The third-order valence-corrected chi connectivity index (χ3v) is 8.22. The second-order valence-corrected chi connectivity index (χ2v) is 13.7. The van der Waals surface area contributed by atoms with Gasteiger partial charge in [0.25, 0.3) is 0 Å². The zero-order chi connectivity index (χ0) is 38.5. The van der Waals surface area contributed by atoms with Gasteiger partial charge in [0, 0.05) is 51.3 Å². The molecule has 4 aromatic rings. The van der Waals surface area contributed by atoms with E-state index in [2.05, 4.69) is 36.6 Å². The van der Waals surface area contributed by atoms with E-state index in [1.807, 2.05) is 86.6 Å². The predicted molar refractivity (Wildman–Crippen MR) is 211 cm³/mol. The van der Waals surface area contributed by atoms with Gasteiger partial charge in [0.2, 0.25) is 0 Å². The Morgan fingerprint density at radius 3 is 1.44 bits per heavy atom. The lowest BCUT2D eigenvalue weighted by Crippen LogP contribution is -2.09. The van der Waals surface area contributed by atoms with E-state index in [0.717, 1.165) is 50.3 Å². The summed E-state index contributed by atoms with van der Waals surface area (Å²) in [6.07, 6.45) is 2.47. The van der Waals surface area contributed by atoms with E-state index in [4.69, 9.17) is 14.2 Å². The maximum atomic E-state index is 12.2. The minimum atomic E-state index is -0.211. The molecule has 0 atom stereocenters. The number of ether oxygens (including phenoxy) is 4. The molecule has 1 saturated heterocycles. The average Bonchev–Trinajstić information content (AvgIpc) is 3.69. The summed E-state index contributed by atoms with van der Waals surface area (Å²) in [6, 6.07) is 26.6. The van der Waals surface area contributed by atoms with Crippen molar-refractivity contribution in [3.63, 3.8) is 0 Å². The lowest BCUT2D eigenvalue weighted by Gasteiger charge is -2.11. The molecule has 0 radical (unpaired) electrons. The SMILES string of the molecule is C1CCOC1.CC(=O)CC(=O)c1ccc(Br)cc1COc1ccc(C)cc1.CC(=O)c1ccc(Br)cc1COc1ccc(C)cc1.CCOC(C)=O. The van der Waals surface area contributed by atoms with Crippen molar-refractivity contribution in [1.29, 1.82) is 0 Å². The van der Waals surface area contributed by atoms with Crippen molar-refractivity contribution in [3.05, 3.63) is 127 Å². The molecule has 1 aliphatic rings. The molecule has 0 amide bonds. The summed E-state index contributed by atoms with van der Waals surface area (Å²) >= 11 is 6.81. The Morgan fingerprint density at radius 2 is 1.10 bits per heavy atom. The second-order valence-electron chi connectivity index (χ2n) is 11.9. The highest BCUT2D eigenvalue weighted by atomic mass is 79.9. The van der Waals surface area contributed by atoms with Crippen molar-refractivity contribution < 1.29 is 38.1 Å². The van der Waals surface area contributed by atoms with E-state index in [9.17, 15) is 19.2 Å². The van der Waals surface area contributed by atoms with Crippen LogP contribution in [0.15, 0.2) is 93.9 Å². The van der Waals surface area contributed by atoms with Crippen LogP contribution in [0.4, 0.5) is 0 Å². The minimum absolute atomic E-state index is 0.0509. The molecule has 1 fully saturated rings. The van der Waals surface area contributed by atoms with Crippen molar-refractivity contribution in [3.8, 4) is 11.5 Å². The first-order valence-corrected chi connectivity index (χ1v) is 18.6. The Bertz CT molecular complexity index is 1720. The number of ketones is 3. The summed E-state index contributed by atoms with van der Waals surface area (Å²) in [4.78, 5) is 44.7. The van der Waals surface area contributed by atoms with Crippen LogP contribution < -0.4 is 9.47 Å². The molecule has 1 heterocycles. The Morgan fingerprint density at radius 1 is 0.654 bits per heavy atom. The van der Waals surface area contributed by atoms with Crippen LogP contribution in [-0.2, 0) is 32.3 Å². The van der Waals surface area contributed by atoms with E-state index in [0.29, 0.717) is 24.3 Å². The predicted octanol–water partition coefficient (Wildman–Crippen LogP) is 10.4. The van der Waals surface area contributed by atoms with Crippen LogP contribution in [0.5, 0.6) is 11.5 Å². The van der Waals surface area contributed by atoms with Crippen LogP contribution >= 0.6 is 31.9 Å². The van der Waals surface area contributed by atoms with Gasteiger partial charge in [-0.05, 0) is 108 Å². The molecule has 1 aliphatic heterocycles. The molecule has 4 aromatic carbocycles. The van der Waals surface area contributed by atoms with Crippen LogP contribution in [-0.4, -0.2) is 43.1 Å². The number of hydrogen-bond acceptors (Lipinski definition) is 8. The number of Topliss-reactive ketones (excluding diaryl/α,β-unsaturated/α-hetero) is 3. The van der Waals surface area contributed by atoms with Gasteiger partial charge in [0.05, 0.1) is 13.0 Å². The fraction of sp³-hybridized carbons (Fsp3) is 0.333. The molecule has 0 saturated carbocycles. The Balaban J connectivity index is 0.000000281. The van der Waals surface area contributed by atoms with Gasteiger partial charge >= 0.3 is 5.97 Å². The van der Waals surface area contributed by atoms with Crippen LogP contribution in [0.25, 0.3) is 0 Å². The van der Waals surface area contributed by atoms with Crippen LogP contribution in [0.2, 0.25) is 0 Å². The molecular weight excluding hydrogens is 792 g/mol. The Hall–Kier alpha value is -4.12. The maximum Gasteiger partial charge on any atom is 0.302 e. The molecule has 0 aliphatic carbocycles. The molecule has 0 bridgehead atoms. The zero-order valence-corrected chi connectivity index (χ0v) is 33.9. The number of rotatable bonds is 11. The largest absolute Gasteiger partial charge is 0.489 e. The van der Waals surface area contributed by atoms with Crippen molar-refractivity contribution >= 4 is 55.2 Å².